The Morgan fingerprint density at radius 3 is 2.38 bits per heavy atom. The van der Waals surface area contributed by atoms with Crippen LogP contribution in [0.15, 0.2) is 0 Å². The molecule has 5 rings (SSSR count). The predicted molar refractivity (Wildman–Crippen MR) is 78.7 cm³/mol. The van der Waals surface area contributed by atoms with Gasteiger partial charge in [0.25, 0.3) is 0 Å². The lowest BCUT2D eigenvalue weighted by atomic mass is 9.51. The largest absolute Gasteiger partial charge is 0.390 e. The first-order valence-corrected chi connectivity index (χ1v) is 8.51. The lowest BCUT2D eigenvalue weighted by Gasteiger charge is -2.61. The first kappa shape index (κ1) is 14.0. The molecule has 5 saturated carbocycles. The van der Waals surface area contributed by atoms with Gasteiger partial charge >= 0.3 is 0 Å². The first-order valence-electron chi connectivity index (χ1n) is 8.51. The van der Waals surface area contributed by atoms with Gasteiger partial charge < -0.3 is 15.2 Å². The summed E-state index contributed by atoms with van der Waals surface area (Å²) in [7, 11) is 1.68. The molecule has 0 aliphatic heterocycles. The Hall–Kier alpha value is -0.610. The summed E-state index contributed by atoms with van der Waals surface area (Å²) in [6.07, 6.45) is 9.07. The Morgan fingerprint density at radius 2 is 1.90 bits per heavy atom. The number of carbonyl (C=O) groups is 1. The Bertz CT molecular complexity index is 443. The summed E-state index contributed by atoms with van der Waals surface area (Å²) in [6, 6.07) is 0. The number of hydrogen-bond donors (Lipinski definition) is 2. The fourth-order valence-electron chi connectivity index (χ4n) is 6.05. The van der Waals surface area contributed by atoms with Crippen LogP contribution in [0.25, 0.3) is 0 Å². The molecule has 2 N–H and O–H groups in total. The third kappa shape index (κ3) is 2.14. The summed E-state index contributed by atoms with van der Waals surface area (Å²) in [6.45, 7) is 0.534. The van der Waals surface area contributed by atoms with Crippen LogP contribution in [0.3, 0.4) is 0 Å². The van der Waals surface area contributed by atoms with Crippen molar-refractivity contribution in [2.24, 2.45) is 17.3 Å². The molecular formula is C17H27NO3. The molecule has 4 bridgehead atoms. The average molecular weight is 293 g/mol. The first-order chi connectivity index (χ1) is 9.97. The van der Waals surface area contributed by atoms with Gasteiger partial charge in [-0.1, -0.05) is 6.42 Å². The van der Waals surface area contributed by atoms with Crippen molar-refractivity contribution < 1.29 is 14.6 Å². The highest BCUT2D eigenvalue weighted by molar-refractivity contribution is 5.84. The maximum Gasteiger partial charge on any atom is 0.228 e. The van der Waals surface area contributed by atoms with E-state index in [0.29, 0.717) is 18.4 Å². The van der Waals surface area contributed by atoms with Gasteiger partial charge in [0.05, 0.1) is 17.6 Å². The van der Waals surface area contributed by atoms with Gasteiger partial charge in [-0.3, -0.25) is 4.79 Å². The van der Waals surface area contributed by atoms with Crippen LogP contribution in [0.4, 0.5) is 0 Å². The maximum atomic E-state index is 12.9. The number of carbonyl (C=O) groups excluding carboxylic acids is 1. The van der Waals surface area contributed by atoms with E-state index in [1.54, 1.807) is 7.11 Å². The number of hydrogen-bond acceptors (Lipinski definition) is 3. The minimum Gasteiger partial charge on any atom is -0.390 e. The molecule has 0 aromatic heterocycles. The van der Waals surface area contributed by atoms with Crippen molar-refractivity contribution in [2.45, 2.75) is 68.9 Å². The normalized spacial score (nSPS) is 46.2. The smallest absolute Gasteiger partial charge is 0.228 e. The maximum absolute atomic E-state index is 12.9. The van der Waals surface area contributed by atoms with Crippen LogP contribution in [0, 0.1) is 17.3 Å². The number of aliphatic hydroxyl groups is 1. The molecule has 4 heteroatoms. The molecule has 5 aliphatic carbocycles. The number of nitrogens with one attached hydrogen (secondary N) is 1. The second kappa shape index (κ2) is 4.45. The number of amides is 1. The number of rotatable bonds is 4. The summed E-state index contributed by atoms with van der Waals surface area (Å²) in [5, 5.41) is 14.2. The van der Waals surface area contributed by atoms with E-state index in [4.69, 9.17) is 4.74 Å². The number of ether oxygens (including phenoxy) is 1. The van der Waals surface area contributed by atoms with Gasteiger partial charge in [0.2, 0.25) is 5.91 Å². The van der Waals surface area contributed by atoms with Crippen LogP contribution in [0.5, 0.6) is 0 Å². The monoisotopic (exact) mass is 293 g/mol. The standard InChI is InChI=1S/C17H27NO3/c1-21-11-15(3-2-4-15)14(19)18-16-6-12-5-13(7-16)9-17(20,8-12)10-16/h12-13,20H,2-11H2,1H3,(H,18,19)/t12-,13+,16?,17?. The van der Waals surface area contributed by atoms with Crippen molar-refractivity contribution in [1.29, 1.82) is 0 Å². The third-order valence-corrected chi connectivity index (χ3v) is 6.62. The summed E-state index contributed by atoms with van der Waals surface area (Å²) >= 11 is 0. The fraction of sp³-hybridized carbons (Fsp3) is 0.941. The summed E-state index contributed by atoms with van der Waals surface area (Å²) in [5.74, 6) is 1.40. The van der Waals surface area contributed by atoms with E-state index in [9.17, 15) is 9.90 Å². The van der Waals surface area contributed by atoms with E-state index < -0.39 is 5.60 Å². The zero-order chi connectivity index (χ0) is 14.7. The molecule has 5 fully saturated rings. The summed E-state index contributed by atoms with van der Waals surface area (Å²) in [5.41, 5.74) is -0.932. The van der Waals surface area contributed by atoms with Crippen LogP contribution in [-0.4, -0.2) is 35.9 Å². The van der Waals surface area contributed by atoms with Crippen LogP contribution in [0.2, 0.25) is 0 Å². The predicted octanol–water partition coefficient (Wildman–Crippen LogP) is 2.00. The van der Waals surface area contributed by atoms with E-state index in [1.165, 1.54) is 6.42 Å². The van der Waals surface area contributed by atoms with Crippen molar-refractivity contribution >= 4 is 5.91 Å². The molecule has 1 amide bonds. The molecule has 2 unspecified atom stereocenters. The van der Waals surface area contributed by atoms with Crippen molar-refractivity contribution in [3.8, 4) is 0 Å². The van der Waals surface area contributed by atoms with E-state index >= 15 is 0 Å². The summed E-state index contributed by atoms with van der Waals surface area (Å²) in [4.78, 5) is 12.9. The van der Waals surface area contributed by atoms with Crippen molar-refractivity contribution in [2.75, 3.05) is 13.7 Å². The molecule has 0 aromatic carbocycles. The lowest BCUT2D eigenvalue weighted by molar-refractivity contribution is -0.161. The van der Waals surface area contributed by atoms with Crippen LogP contribution < -0.4 is 5.32 Å². The van der Waals surface area contributed by atoms with Gasteiger partial charge in [0.1, 0.15) is 0 Å². The van der Waals surface area contributed by atoms with Crippen LogP contribution in [-0.2, 0) is 9.53 Å². The molecule has 4 atom stereocenters. The second-order valence-corrected chi connectivity index (χ2v) is 8.49. The Kier molecular flexibility index (Phi) is 2.97. The zero-order valence-electron chi connectivity index (χ0n) is 13.0. The molecule has 0 aromatic rings. The van der Waals surface area contributed by atoms with Crippen LogP contribution >= 0.6 is 0 Å². The molecule has 0 saturated heterocycles. The SMILES string of the molecule is COCC1(C(=O)NC23C[C@@H]4C[C@@H](CC(O)(C4)C2)C3)CCC1. The Balaban J connectivity index is 1.53. The van der Waals surface area contributed by atoms with E-state index in [1.807, 2.05) is 0 Å². The van der Waals surface area contributed by atoms with E-state index in [2.05, 4.69) is 5.32 Å². The van der Waals surface area contributed by atoms with Crippen molar-refractivity contribution in [1.82, 2.24) is 5.32 Å². The molecule has 0 spiro atoms. The van der Waals surface area contributed by atoms with E-state index in [0.717, 1.165) is 51.4 Å². The summed E-state index contributed by atoms with van der Waals surface area (Å²) < 4.78 is 5.30. The van der Waals surface area contributed by atoms with Crippen molar-refractivity contribution in [3.63, 3.8) is 0 Å². The third-order valence-electron chi connectivity index (χ3n) is 6.62. The average Bonchev–Trinajstić information content (AvgIpc) is 2.29. The van der Waals surface area contributed by atoms with Gasteiger partial charge in [-0.25, -0.2) is 0 Å². The van der Waals surface area contributed by atoms with Gasteiger partial charge in [-0.2, -0.15) is 0 Å². The number of methoxy groups -OCH3 is 1. The van der Waals surface area contributed by atoms with E-state index in [-0.39, 0.29) is 16.9 Å². The molecule has 0 heterocycles. The van der Waals surface area contributed by atoms with Gasteiger partial charge in [-0.05, 0) is 63.2 Å². The minimum atomic E-state index is -0.509. The molecule has 0 radical (unpaired) electrons. The van der Waals surface area contributed by atoms with Crippen molar-refractivity contribution in [3.05, 3.63) is 0 Å². The molecule has 21 heavy (non-hydrogen) atoms. The van der Waals surface area contributed by atoms with Crippen LogP contribution in [0.1, 0.15) is 57.8 Å². The zero-order valence-corrected chi connectivity index (χ0v) is 13.0. The fourth-order valence-corrected chi connectivity index (χ4v) is 6.05. The molecular weight excluding hydrogens is 266 g/mol. The molecule has 4 nitrogen and oxygen atoms in total. The molecule has 5 aliphatic rings. The highest BCUT2D eigenvalue weighted by atomic mass is 16.5. The van der Waals surface area contributed by atoms with Gasteiger partial charge in [-0.15, -0.1) is 0 Å². The minimum absolute atomic E-state index is 0.133. The Morgan fingerprint density at radius 1 is 1.24 bits per heavy atom. The molecule has 118 valence electrons. The Labute approximate surface area is 126 Å². The highest BCUT2D eigenvalue weighted by Gasteiger charge is 2.59. The highest BCUT2D eigenvalue weighted by Crippen LogP contribution is 2.58. The lowest BCUT2D eigenvalue weighted by Crippen LogP contribution is -2.67. The quantitative estimate of drug-likeness (QED) is 0.833. The van der Waals surface area contributed by atoms with Gasteiger partial charge in [0.15, 0.2) is 0 Å². The topological polar surface area (TPSA) is 58.6 Å². The second-order valence-electron chi connectivity index (χ2n) is 8.49. The van der Waals surface area contributed by atoms with Gasteiger partial charge in [0, 0.05) is 12.6 Å².